The highest BCUT2D eigenvalue weighted by Crippen LogP contribution is 2.36. The molecule has 3 aromatic carbocycles. The topological polar surface area (TPSA) is 89.8 Å². The quantitative estimate of drug-likeness (QED) is 0.234. The number of benzene rings is 3. The van der Waals surface area contributed by atoms with Crippen LogP contribution in [0.15, 0.2) is 54.1 Å². The zero-order valence-electron chi connectivity index (χ0n) is 19.5. The van der Waals surface area contributed by atoms with Crippen LogP contribution in [0.3, 0.4) is 0 Å². The molecule has 0 spiro atoms. The van der Waals surface area contributed by atoms with Crippen LogP contribution in [0.25, 0.3) is 6.08 Å². The SMILES string of the molecule is COc1ccc(/C=C(\C#N)C(=O)Nc2cc(OC)c(Cl)cc2OC)c(OCc2ccc(Cl)cc2Cl)c1. The van der Waals surface area contributed by atoms with Crippen LogP contribution in [0.1, 0.15) is 11.1 Å². The maximum atomic E-state index is 13.0. The van der Waals surface area contributed by atoms with Crippen molar-refractivity contribution >= 4 is 52.5 Å². The minimum atomic E-state index is -0.664. The first-order valence-corrected chi connectivity index (χ1v) is 11.5. The summed E-state index contributed by atoms with van der Waals surface area (Å²) in [6, 6.07) is 15.0. The highest BCUT2D eigenvalue weighted by molar-refractivity contribution is 6.35. The smallest absolute Gasteiger partial charge is 0.266 e. The Hall–Kier alpha value is -3.57. The van der Waals surface area contributed by atoms with Crippen molar-refractivity contribution in [1.29, 1.82) is 5.26 Å². The third kappa shape index (κ3) is 6.55. The molecule has 36 heavy (non-hydrogen) atoms. The number of halogens is 3. The third-order valence-corrected chi connectivity index (χ3v) is 5.89. The summed E-state index contributed by atoms with van der Waals surface area (Å²) < 4.78 is 21.7. The maximum Gasteiger partial charge on any atom is 0.266 e. The predicted molar refractivity (Wildman–Crippen MR) is 141 cm³/mol. The fraction of sp³-hybridized carbons (Fsp3) is 0.154. The van der Waals surface area contributed by atoms with Gasteiger partial charge in [0.1, 0.15) is 41.2 Å². The third-order valence-electron chi connectivity index (χ3n) is 5.01. The van der Waals surface area contributed by atoms with Crippen LogP contribution in [0.5, 0.6) is 23.0 Å². The normalized spacial score (nSPS) is 10.9. The molecule has 0 aromatic heterocycles. The van der Waals surface area contributed by atoms with E-state index in [1.165, 1.54) is 39.5 Å². The molecule has 0 aliphatic rings. The number of nitriles is 1. The zero-order chi connectivity index (χ0) is 26.2. The van der Waals surface area contributed by atoms with E-state index in [2.05, 4.69) is 5.32 Å². The molecule has 0 saturated heterocycles. The molecule has 1 amide bonds. The summed E-state index contributed by atoms with van der Waals surface area (Å²) in [7, 11) is 4.40. The van der Waals surface area contributed by atoms with Crippen molar-refractivity contribution in [2.24, 2.45) is 0 Å². The van der Waals surface area contributed by atoms with E-state index in [-0.39, 0.29) is 17.9 Å². The van der Waals surface area contributed by atoms with Crippen LogP contribution in [0, 0.1) is 11.3 Å². The summed E-state index contributed by atoms with van der Waals surface area (Å²) in [5, 5.41) is 13.6. The molecule has 0 heterocycles. The summed E-state index contributed by atoms with van der Waals surface area (Å²) in [5.74, 6) is 0.890. The van der Waals surface area contributed by atoms with E-state index in [0.29, 0.717) is 49.2 Å². The number of nitrogens with zero attached hydrogens (tertiary/aromatic N) is 1. The van der Waals surface area contributed by atoms with Gasteiger partial charge in [-0.1, -0.05) is 40.9 Å². The van der Waals surface area contributed by atoms with Gasteiger partial charge in [0.05, 0.1) is 32.0 Å². The van der Waals surface area contributed by atoms with E-state index in [9.17, 15) is 10.1 Å². The van der Waals surface area contributed by atoms with Gasteiger partial charge in [-0.15, -0.1) is 0 Å². The summed E-state index contributed by atoms with van der Waals surface area (Å²) in [6.45, 7) is 0.125. The highest BCUT2D eigenvalue weighted by atomic mass is 35.5. The summed E-state index contributed by atoms with van der Waals surface area (Å²) in [4.78, 5) is 13.0. The monoisotopic (exact) mass is 546 g/mol. The van der Waals surface area contributed by atoms with Crippen LogP contribution >= 0.6 is 34.8 Å². The molecule has 0 atom stereocenters. The summed E-state index contributed by atoms with van der Waals surface area (Å²) in [5.41, 5.74) is 1.30. The fourth-order valence-corrected chi connectivity index (χ4v) is 3.83. The Bertz CT molecular complexity index is 1350. The van der Waals surface area contributed by atoms with Crippen LogP contribution < -0.4 is 24.3 Å². The first-order chi connectivity index (χ1) is 17.3. The van der Waals surface area contributed by atoms with Gasteiger partial charge < -0.3 is 24.3 Å². The van der Waals surface area contributed by atoms with Gasteiger partial charge >= 0.3 is 0 Å². The first-order valence-electron chi connectivity index (χ1n) is 10.4. The van der Waals surface area contributed by atoms with Crippen molar-refractivity contribution in [3.05, 3.63) is 80.3 Å². The van der Waals surface area contributed by atoms with Gasteiger partial charge in [-0.2, -0.15) is 5.26 Å². The second-order valence-corrected chi connectivity index (χ2v) is 8.49. The number of amides is 1. The Kier molecular flexibility index (Phi) is 9.31. The molecule has 0 aliphatic heterocycles. The molecule has 0 aliphatic carbocycles. The Morgan fingerprint density at radius 1 is 0.917 bits per heavy atom. The zero-order valence-corrected chi connectivity index (χ0v) is 21.8. The Balaban J connectivity index is 1.91. The van der Waals surface area contributed by atoms with Crippen LogP contribution in [-0.4, -0.2) is 27.2 Å². The molecule has 0 saturated carbocycles. The summed E-state index contributed by atoms with van der Waals surface area (Å²) in [6.07, 6.45) is 1.41. The molecule has 1 N–H and O–H groups in total. The van der Waals surface area contributed by atoms with Crippen molar-refractivity contribution in [1.82, 2.24) is 0 Å². The molecule has 0 fully saturated rings. The fourth-order valence-electron chi connectivity index (χ4n) is 3.13. The number of hydrogen-bond acceptors (Lipinski definition) is 6. The molecule has 3 aromatic rings. The molecule has 0 bridgehead atoms. The number of carbonyl (C=O) groups excluding carboxylic acids is 1. The van der Waals surface area contributed by atoms with Gasteiger partial charge in [0, 0.05) is 39.4 Å². The number of anilines is 1. The van der Waals surface area contributed by atoms with E-state index in [0.717, 1.165) is 0 Å². The number of nitrogens with one attached hydrogen (secondary N) is 1. The van der Waals surface area contributed by atoms with E-state index in [4.69, 9.17) is 53.8 Å². The van der Waals surface area contributed by atoms with Crippen LogP contribution in [-0.2, 0) is 11.4 Å². The molecule has 0 radical (unpaired) electrons. The Labute approximate surface area is 223 Å². The van der Waals surface area contributed by atoms with Gasteiger partial charge in [-0.25, -0.2) is 0 Å². The number of hydrogen-bond donors (Lipinski definition) is 1. The van der Waals surface area contributed by atoms with Crippen LogP contribution in [0.4, 0.5) is 5.69 Å². The number of rotatable bonds is 9. The van der Waals surface area contributed by atoms with Gasteiger partial charge in [0.15, 0.2) is 0 Å². The Morgan fingerprint density at radius 3 is 2.31 bits per heavy atom. The van der Waals surface area contributed by atoms with Crippen molar-refractivity contribution in [3.8, 4) is 29.1 Å². The molecular weight excluding hydrogens is 527 g/mol. The average Bonchev–Trinajstić information content (AvgIpc) is 2.87. The molecular formula is C26H21Cl3N2O5. The lowest BCUT2D eigenvalue weighted by Crippen LogP contribution is -2.14. The lowest BCUT2D eigenvalue weighted by molar-refractivity contribution is -0.112. The number of carbonyl (C=O) groups is 1. The highest BCUT2D eigenvalue weighted by Gasteiger charge is 2.17. The van der Waals surface area contributed by atoms with E-state index in [1.807, 2.05) is 6.07 Å². The summed E-state index contributed by atoms with van der Waals surface area (Å²) >= 11 is 18.3. The Morgan fingerprint density at radius 2 is 1.67 bits per heavy atom. The van der Waals surface area contributed by atoms with Crippen molar-refractivity contribution in [3.63, 3.8) is 0 Å². The molecule has 186 valence electrons. The second-order valence-electron chi connectivity index (χ2n) is 7.24. The second kappa shape index (κ2) is 12.4. The van der Waals surface area contributed by atoms with Gasteiger partial charge in [0.25, 0.3) is 5.91 Å². The van der Waals surface area contributed by atoms with E-state index < -0.39 is 5.91 Å². The van der Waals surface area contributed by atoms with Crippen molar-refractivity contribution in [2.75, 3.05) is 26.6 Å². The van der Waals surface area contributed by atoms with E-state index >= 15 is 0 Å². The average molecular weight is 548 g/mol. The lowest BCUT2D eigenvalue weighted by atomic mass is 10.1. The predicted octanol–water partition coefficient (Wildman–Crippen LogP) is 6.80. The van der Waals surface area contributed by atoms with Crippen molar-refractivity contribution in [2.45, 2.75) is 6.61 Å². The number of ether oxygens (including phenoxy) is 4. The van der Waals surface area contributed by atoms with Gasteiger partial charge in [-0.3, -0.25) is 4.79 Å². The van der Waals surface area contributed by atoms with Gasteiger partial charge in [-0.05, 0) is 30.3 Å². The molecule has 10 heteroatoms. The lowest BCUT2D eigenvalue weighted by Gasteiger charge is -2.14. The minimum absolute atomic E-state index is 0.125. The number of methoxy groups -OCH3 is 3. The minimum Gasteiger partial charge on any atom is -0.497 e. The van der Waals surface area contributed by atoms with Gasteiger partial charge in [0.2, 0.25) is 0 Å². The standard InChI is InChI=1S/C26H21Cl3N2O5/c1-33-19-7-5-15(23(10-19)36-14-16-4-6-18(27)9-20(16)28)8-17(13-30)26(32)31-22-12-24(34-2)21(29)11-25(22)35-3/h4-12H,14H2,1-3H3,(H,31,32)/b17-8+. The molecule has 0 unspecified atom stereocenters. The maximum absolute atomic E-state index is 13.0. The first kappa shape index (κ1) is 27.0. The van der Waals surface area contributed by atoms with Crippen molar-refractivity contribution < 1.29 is 23.7 Å². The largest absolute Gasteiger partial charge is 0.497 e. The molecule has 3 rings (SSSR count). The molecule has 7 nitrogen and oxygen atoms in total. The van der Waals surface area contributed by atoms with E-state index in [1.54, 1.807) is 36.4 Å². The van der Waals surface area contributed by atoms with Crippen LogP contribution in [0.2, 0.25) is 15.1 Å².